The molecule has 0 aliphatic heterocycles. The summed E-state index contributed by atoms with van der Waals surface area (Å²) in [5.41, 5.74) is 5.36. The molecule has 0 bridgehead atoms. The van der Waals surface area contributed by atoms with Gasteiger partial charge in [-0.2, -0.15) is 10.5 Å². The van der Waals surface area contributed by atoms with Crippen LogP contribution in [0, 0.1) is 22.7 Å². The predicted octanol–water partition coefficient (Wildman–Crippen LogP) is 10.5. The highest BCUT2D eigenvalue weighted by molar-refractivity contribution is 6.38. The molecule has 0 heterocycles. The summed E-state index contributed by atoms with van der Waals surface area (Å²) in [5, 5.41) is 31.2. The summed E-state index contributed by atoms with van der Waals surface area (Å²) in [6, 6.07) is 51.1. The van der Waals surface area contributed by atoms with Crippen molar-refractivity contribution in [3.63, 3.8) is 0 Å². The molecule has 0 fully saturated rings. The SMILES string of the molecule is N#Cc1cc2c(cc1C#N)c1cc(-c3ccccc3)c3ccccc3c1c1c3ccccc3c(-c3ccccc3)cc21. The summed E-state index contributed by atoms with van der Waals surface area (Å²) in [5.74, 6) is 0. The summed E-state index contributed by atoms with van der Waals surface area (Å²) < 4.78 is 0. The number of nitriles is 2. The zero-order valence-electron chi connectivity index (χ0n) is 22.6. The number of benzene rings is 8. The third kappa shape index (κ3) is 3.43. The molecule has 0 aliphatic carbocycles. The van der Waals surface area contributed by atoms with Crippen LogP contribution in [0.25, 0.3) is 76.1 Å². The highest BCUT2D eigenvalue weighted by atomic mass is 14.3. The topological polar surface area (TPSA) is 47.6 Å². The Bertz CT molecular complexity index is 2290. The first-order chi connectivity index (χ1) is 20.8. The molecule has 8 aromatic carbocycles. The Labute approximate surface area is 242 Å². The smallest absolute Gasteiger partial charge is 0.101 e. The van der Waals surface area contributed by atoms with Crippen molar-refractivity contribution in [1.29, 1.82) is 10.5 Å². The molecule has 0 atom stereocenters. The Hall–Kier alpha value is -5.96. The minimum atomic E-state index is 0.393. The van der Waals surface area contributed by atoms with E-state index in [9.17, 15) is 10.5 Å². The van der Waals surface area contributed by atoms with Crippen LogP contribution in [0.4, 0.5) is 0 Å². The van der Waals surface area contributed by atoms with Crippen LogP contribution < -0.4 is 0 Å². The van der Waals surface area contributed by atoms with Gasteiger partial charge in [0.05, 0.1) is 11.1 Å². The quantitative estimate of drug-likeness (QED) is 0.209. The molecule has 192 valence electrons. The molecule has 42 heavy (non-hydrogen) atoms. The molecule has 8 aromatic rings. The molecule has 2 heteroatoms. The number of hydrogen-bond acceptors (Lipinski definition) is 2. The van der Waals surface area contributed by atoms with Gasteiger partial charge in [-0.05, 0) is 100 Å². The van der Waals surface area contributed by atoms with Gasteiger partial charge < -0.3 is 0 Å². The number of fused-ring (bicyclic) bond motifs is 10. The molecule has 0 aromatic heterocycles. The Morgan fingerprint density at radius 2 is 0.690 bits per heavy atom. The van der Waals surface area contributed by atoms with Gasteiger partial charge in [-0.3, -0.25) is 0 Å². The maximum Gasteiger partial charge on any atom is 0.101 e. The number of rotatable bonds is 2. The van der Waals surface area contributed by atoms with Crippen molar-refractivity contribution in [3.8, 4) is 34.4 Å². The standard InChI is InChI=1S/C40H22N2/c41-23-27-19-35-36(20-28(27)24-42)38-22-34(26-13-5-2-6-14-26)30-16-8-10-18-32(30)40(38)39-31-17-9-7-15-29(31)33(21-37(35)39)25-11-3-1-4-12-25/h1-22H. The number of hydrogen-bond donors (Lipinski definition) is 0. The monoisotopic (exact) mass is 530 g/mol. The average molecular weight is 531 g/mol. The van der Waals surface area contributed by atoms with Gasteiger partial charge in [0.1, 0.15) is 12.1 Å². The fourth-order valence-corrected chi connectivity index (χ4v) is 6.66. The fourth-order valence-electron chi connectivity index (χ4n) is 6.66. The second-order valence-electron chi connectivity index (χ2n) is 10.7. The van der Waals surface area contributed by atoms with E-state index in [1.165, 1.54) is 21.5 Å². The summed E-state index contributed by atoms with van der Waals surface area (Å²) in [7, 11) is 0. The predicted molar refractivity (Wildman–Crippen MR) is 174 cm³/mol. The van der Waals surface area contributed by atoms with Gasteiger partial charge in [0.25, 0.3) is 0 Å². The van der Waals surface area contributed by atoms with E-state index in [0.29, 0.717) is 11.1 Å². The summed E-state index contributed by atoms with van der Waals surface area (Å²) >= 11 is 0. The summed E-state index contributed by atoms with van der Waals surface area (Å²) in [4.78, 5) is 0. The van der Waals surface area contributed by atoms with E-state index in [2.05, 4.69) is 121 Å². The van der Waals surface area contributed by atoms with E-state index in [1.807, 2.05) is 24.3 Å². The van der Waals surface area contributed by atoms with Gasteiger partial charge in [-0.1, -0.05) is 109 Å². The zero-order valence-corrected chi connectivity index (χ0v) is 22.6. The van der Waals surface area contributed by atoms with Crippen molar-refractivity contribution in [2.75, 3.05) is 0 Å². The van der Waals surface area contributed by atoms with Gasteiger partial charge in [-0.15, -0.1) is 0 Å². The van der Waals surface area contributed by atoms with E-state index < -0.39 is 0 Å². The van der Waals surface area contributed by atoms with Crippen molar-refractivity contribution in [3.05, 3.63) is 145 Å². The lowest BCUT2D eigenvalue weighted by Gasteiger charge is -2.19. The third-order valence-corrected chi connectivity index (χ3v) is 8.49. The molecule has 0 N–H and O–H groups in total. The molecular formula is C40H22N2. The van der Waals surface area contributed by atoms with Crippen LogP contribution >= 0.6 is 0 Å². The lowest BCUT2D eigenvalue weighted by Crippen LogP contribution is -1.93. The minimum absolute atomic E-state index is 0.393. The molecule has 0 spiro atoms. The van der Waals surface area contributed by atoms with E-state index >= 15 is 0 Å². The highest BCUT2D eigenvalue weighted by Gasteiger charge is 2.20. The van der Waals surface area contributed by atoms with Gasteiger partial charge >= 0.3 is 0 Å². The van der Waals surface area contributed by atoms with Crippen LogP contribution in [0.1, 0.15) is 11.1 Å². The minimum Gasteiger partial charge on any atom is -0.192 e. The van der Waals surface area contributed by atoms with Gasteiger partial charge in [0, 0.05) is 0 Å². The maximum absolute atomic E-state index is 10.0. The first-order valence-electron chi connectivity index (χ1n) is 14.0. The summed E-state index contributed by atoms with van der Waals surface area (Å²) in [6.07, 6.45) is 0. The molecule has 0 saturated heterocycles. The maximum atomic E-state index is 10.0. The first-order valence-corrected chi connectivity index (χ1v) is 14.0. The van der Waals surface area contributed by atoms with Crippen molar-refractivity contribution < 1.29 is 0 Å². The Balaban J connectivity index is 1.71. The largest absolute Gasteiger partial charge is 0.192 e. The van der Waals surface area contributed by atoms with Gasteiger partial charge in [0.15, 0.2) is 0 Å². The van der Waals surface area contributed by atoms with Crippen LogP contribution in [-0.2, 0) is 0 Å². The van der Waals surface area contributed by atoms with Crippen molar-refractivity contribution in [2.24, 2.45) is 0 Å². The average Bonchev–Trinajstić information content (AvgIpc) is 3.07. The zero-order chi connectivity index (χ0) is 28.2. The van der Waals surface area contributed by atoms with Gasteiger partial charge in [0.2, 0.25) is 0 Å². The first kappa shape index (κ1) is 23.9. The van der Waals surface area contributed by atoms with E-state index in [0.717, 1.165) is 54.6 Å². The van der Waals surface area contributed by atoms with Gasteiger partial charge in [-0.25, -0.2) is 0 Å². The second kappa shape index (κ2) is 9.31. The highest BCUT2D eigenvalue weighted by Crippen LogP contribution is 2.47. The molecule has 2 nitrogen and oxygen atoms in total. The van der Waals surface area contributed by atoms with E-state index in [1.54, 1.807) is 0 Å². The van der Waals surface area contributed by atoms with Crippen LogP contribution in [-0.4, -0.2) is 0 Å². The lowest BCUT2D eigenvalue weighted by atomic mass is 9.83. The second-order valence-corrected chi connectivity index (χ2v) is 10.7. The van der Waals surface area contributed by atoms with E-state index in [4.69, 9.17) is 0 Å². The molecule has 0 unspecified atom stereocenters. The molecule has 0 radical (unpaired) electrons. The van der Waals surface area contributed by atoms with Crippen LogP contribution in [0.15, 0.2) is 133 Å². The molecule has 0 amide bonds. The van der Waals surface area contributed by atoms with Crippen LogP contribution in [0.3, 0.4) is 0 Å². The fraction of sp³-hybridized carbons (Fsp3) is 0. The Kier molecular flexibility index (Phi) is 5.29. The lowest BCUT2D eigenvalue weighted by molar-refractivity contribution is 1.45. The molecular weight excluding hydrogens is 508 g/mol. The molecule has 8 rings (SSSR count). The number of nitrogens with zero attached hydrogens (tertiary/aromatic N) is 2. The Morgan fingerprint density at radius 1 is 0.333 bits per heavy atom. The normalized spacial score (nSPS) is 11.3. The van der Waals surface area contributed by atoms with Crippen LogP contribution in [0.2, 0.25) is 0 Å². The van der Waals surface area contributed by atoms with Crippen molar-refractivity contribution >= 4 is 53.9 Å². The van der Waals surface area contributed by atoms with Crippen molar-refractivity contribution in [1.82, 2.24) is 0 Å². The third-order valence-electron chi connectivity index (χ3n) is 8.49. The van der Waals surface area contributed by atoms with Crippen molar-refractivity contribution in [2.45, 2.75) is 0 Å². The van der Waals surface area contributed by atoms with E-state index in [-0.39, 0.29) is 0 Å². The molecule has 0 saturated carbocycles. The van der Waals surface area contributed by atoms with Crippen LogP contribution in [0.5, 0.6) is 0 Å². The molecule has 0 aliphatic rings. The summed E-state index contributed by atoms with van der Waals surface area (Å²) in [6.45, 7) is 0. The Morgan fingerprint density at radius 3 is 1.07 bits per heavy atom.